The maximum atomic E-state index is 12.1. The van der Waals surface area contributed by atoms with Crippen molar-refractivity contribution < 1.29 is 4.79 Å². The number of piperidine rings is 1. The van der Waals surface area contributed by atoms with E-state index in [1.54, 1.807) is 0 Å². The molecule has 0 aromatic heterocycles. The molecule has 1 aliphatic carbocycles. The molecule has 92 valence electrons. The van der Waals surface area contributed by atoms with E-state index in [-0.39, 0.29) is 11.3 Å². The van der Waals surface area contributed by atoms with Gasteiger partial charge in [0.2, 0.25) is 5.91 Å². The number of amides is 1. The molecule has 16 heavy (non-hydrogen) atoms. The van der Waals surface area contributed by atoms with Gasteiger partial charge in [0.1, 0.15) is 0 Å². The summed E-state index contributed by atoms with van der Waals surface area (Å²) in [6, 6.07) is 0. The van der Waals surface area contributed by atoms with Crippen molar-refractivity contribution in [2.45, 2.75) is 39.5 Å². The number of carbonyl (C=O) groups is 1. The Morgan fingerprint density at radius 2 is 2.06 bits per heavy atom. The highest BCUT2D eigenvalue weighted by atomic mass is 16.2. The Morgan fingerprint density at radius 3 is 2.62 bits per heavy atom. The minimum absolute atomic E-state index is 0.130. The van der Waals surface area contributed by atoms with E-state index in [2.05, 4.69) is 24.5 Å². The molecule has 1 heterocycles. The van der Waals surface area contributed by atoms with E-state index in [4.69, 9.17) is 0 Å². The molecule has 2 aliphatic rings. The van der Waals surface area contributed by atoms with Gasteiger partial charge in [-0.3, -0.25) is 4.79 Å². The van der Waals surface area contributed by atoms with Crippen molar-refractivity contribution in [3.05, 3.63) is 0 Å². The predicted octanol–water partition coefficient (Wildman–Crippen LogP) is 1.54. The molecular formula is C13H24N2O. The van der Waals surface area contributed by atoms with Crippen molar-refractivity contribution in [3.8, 4) is 0 Å². The Morgan fingerprint density at radius 1 is 1.44 bits per heavy atom. The monoisotopic (exact) mass is 224 g/mol. The van der Waals surface area contributed by atoms with Crippen LogP contribution < -0.4 is 10.6 Å². The number of hydrogen-bond donors (Lipinski definition) is 2. The quantitative estimate of drug-likeness (QED) is 0.760. The zero-order chi connectivity index (χ0) is 11.6. The van der Waals surface area contributed by atoms with Crippen LogP contribution in [0, 0.1) is 17.3 Å². The molecule has 1 aliphatic heterocycles. The van der Waals surface area contributed by atoms with Crippen LogP contribution in [0.4, 0.5) is 0 Å². The van der Waals surface area contributed by atoms with Crippen molar-refractivity contribution in [2.75, 3.05) is 19.6 Å². The first kappa shape index (κ1) is 11.9. The molecule has 1 amide bonds. The second-order valence-electron chi connectivity index (χ2n) is 5.84. The second kappa shape index (κ2) is 4.74. The first-order valence-corrected chi connectivity index (χ1v) is 6.61. The van der Waals surface area contributed by atoms with Crippen molar-refractivity contribution in [3.63, 3.8) is 0 Å². The van der Waals surface area contributed by atoms with Crippen LogP contribution in [0.2, 0.25) is 0 Å². The Kier molecular flexibility index (Phi) is 3.53. The predicted molar refractivity (Wildman–Crippen MR) is 65.1 cm³/mol. The van der Waals surface area contributed by atoms with Crippen LogP contribution in [-0.4, -0.2) is 25.5 Å². The molecule has 3 nitrogen and oxygen atoms in total. The van der Waals surface area contributed by atoms with Crippen LogP contribution >= 0.6 is 0 Å². The van der Waals surface area contributed by atoms with Gasteiger partial charge in [0.05, 0.1) is 0 Å². The van der Waals surface area contributed by atoms with E-state index < -0.39 is 0 Å². The van der Waals surface area contributed by atoms with Crippen molar-refractivity contribution in [1.82, 2.24) is 10.6 Å². The summed E-state index contributed by atoms with van der Waals surface area (Å²) in [5.74, 6) is 1.80. The number of hydrogen-bond acceptors (Lipinski definition) is 2. The van der Waals surface area contributed by atoms with Crippen LogP contribution in [0.5, 0.6) is 0 Å². The van der Waals surface area contributed by atoms with Gasteiger partial charge in [-0.25, -0.2) is 0 Å². The molecule has 0 aromatic rings. The standard InChI is InChI=1S/C13H24N2O/c1-10(11-3-4-11)9-15-12(16)13(2)5-7-14-8-6-13/h10-11,14H,3-9H2,1-2H3,(H,15,16). The molecule has 0 radical (unpaired) electrons. The molecule has 0 aromatic carbocycles. The average molecular weight is 224 g/mol. The average Bonchev–Trinajstić information content (AvgIpc) is 3.10. The van der Waals surface area contributed by atoms with Crippen LogP contribution in [0.3, 0.4) is 0 Å². The zero-order valence-corrected chi connectivity index (χ0v) is 10.5. The highest BCUT2D eigenvalue weighted by molar-refractivity contribution is 5.82. The largest absolute Gasteiger partial charge is 0.355 e. The maximum Gasteiger partial charge on any atom is 0.226 e. The molecule has 0 bridgehead atoms. The Balaban J connectivity index is 1.77. The highest BCUT2D eigenvalue weighted by Gasteiger charge is 2.35. The van der Waals surface area contributed by atoms with E-state index in [1.165, 1.54) is 12.8 Å². The first-order valence-electron chi connectivity index (χ1n) is 6.61. The van der Waals surface area contributed by atoms with Crippen LogP contribution in [0.25, 0.3) is 0 Å². The van der Waals surface area contributed by atoms with Gasteiger partial charge in [0.15, 0.2) is 0 Å². The summed E-state index contributed by atoms with van der Waals surface area (Å²) in [5.41, 5.74) is -0.130. The summed E-state index contributed by atoms with van der Waals surface area (Å²) in [6.45, 7) is 7.17. The van der Waals surface area contributed by atoms with E-state index in [1.807, 2.05) is 0 Å². The Hall–Kier alpha value is -0.570. The highest BCUT2D eigenvalue weighted by Crippen LogP contribution is 2.36. The first-order chi connectivity index (χ1) is 7.62. The van der Waals surface area contributed by atoms with E-state index in [0.717, 1.165) is 38.4 Å². The van der Waals surface area contributed by atoms with Crippen LogP contribution in [0.1, 0.15) is 39.5 Å². The molecule has 1 saturated heterocycles. The Labute approximate surface area is 98.4 Å². The van der Waals surface area contributed by atoms with Gasteiger partial charge in [0, 0.05) is 12.0 Å². The number of carbonyl (C=O) groups excluding carboxylic acids is 1. The number of rotatable bonds is 4. The van der Waals surface area contributed by atoms with Crippen molar-refractivity contribution in [1.29, 1.82) is 0 Å². The SMILES string of the molecule is CC(CNC(=O)C1(C)CCNCC1)C1CC1. The van der Waals surface area contributed by atoms with E-state index in [9.17, 15) is 4.79 Å². The lowest BCUT2D eigenvalue weighted by atomic mass is 9.80. The Bertz CT molecular complexity index is 255. The number of nitrogens with one attached hydrogen (secondary N) is 2. The third-order valence-electron chi connectivity index (χ3n) is 4.27. The molecule has 0 spiro atoms. The van der Waals surface area contributed by atoms with Gasteiger partial charge in [-0.1, -0.05) is 13.8 Å². The van der Waals surface area contributed by atoms with Crippen molar-refractivity contribution >= 4 is 5.91 Å². The van der Waals surface area contributed by atoms with E-state index >= 15 is 0 Å². The third kappa shape index (κ3) is 2.76. The fourth-order valence-electron chi connectivity index (χ4n) is 2.50. The summed E-state index contributed by atoms with van der Waals surface area (Å²) in [7, 11) is 0. The summed E-state index contributed by atoms with van der Waals surface area (Å²) in [5, 5.41) is 6.46. The molecule has 1 saturated carbocycles. The lowest BCUT2D eigenvalue weighted by molar-refractivity contribution is -0.131. The van der Waals surface area contributed by atoms with Gasteiger partial charge in [0.25, 0.3) is 0 Å². The molecule has 2 rings (SSSR count). The summed E-state index contributed by atoms with van der Waals surface area (Å²) >= 11 is 0. The maximum absolute atomic E-state index is 12.1. The lowest BCUT2D eigenvalue weighted by Gasteiger charge is -2.33. The smallest absolute Gasteiger partial charge is 0.226 e. The fraction of sp³-hybridized carbons (Fsp3) is 0.923. The minimum atomic E-state index is -0.130. The lowest BCUT2D eigenvalue weighted by Crippen LogP contribution is -2.46. The summed E-state index contributed by atoms with van der Waals surface area (Å²) in [4.78, 5) is 12.1. The fourth-order valence-corrected chi connectivity index (χ4v) is 2.50. The molecule has 1 atom stereocenters. The molecule has 2 fully saturated rings. The normalized spacial score (nSPS) is 26.1. The zero-order valence-electron chi connectivity index (χ0n) is 10.5. The van der Waals surface area contributed by atoms with Crippen LogP contribution in [-0.2, 0) is 4.79 Å². The second-order valence-corrected chi connectivity index (χ2v) is 5.84. The molecule has 2 N–H and O–H groups in total. The molecule has 3 heteroatoms. The molecule has 1 unspecified atom stereocenters. The van der Waals surface area contributed by atoms with Gasteiger partial charge >= 0.3 is 0 Å². The summed E-state index contributed by atoms with van der Waals surface area (Å²) in [6.07, 6.45) is 4.66. The van der Waals surface area contributed by atoms with Gasteiger partial charge in [-0.2, -0.15) is 0 Å². The minimum Gasteiger partial charge on any atom is -0.355 e. The topological polar surface area (TPSA) is 41.1 Å². The molecular weight excluding hydrogens is 200 g/mol. The van der Waals surface area contributed by atoms with Gasteiger partial charge in [-0.05, 0) is 50.6 Å². The summed E-state index contributed by atoms with van der Waals surface area (Å²) < 4.78 is 0. The third-order valence-corrected chi connectivity index (χ3v) is 4.27. The van der Waals surface area contributed by atoms with Gasteiger partial charge in [-0.15, -0.1) is 0 Å². The van der Waals surface area contributed by atoms with E-state index in [0.29, 0.717) is 5.92 Å². The van der Waals surface area contributed by atoms with Crippen LogP contribution in [0.15, 0.2) is 0 Å². The van der Waals surface area contributed by atoms with Gasteiger partial charge < -0.3 is 10.6 Å². The van der Waals surface area contributed by atoms with Crippen molar-refractivity contribution in [2.24, 2.45) is 17.3 Å².